The number of pyridine rings is 1. The van der Waals surface area contributed by atoms with E-state index in [-0.39, 0.29) is 12.0 Å². The predicted octanol–water partition coefficient (Wildman–Crippen LogP) is 2.02. The minimum Gasteiger partial charge on any atom is -0.473 e. The molecule has 3 heterocycles. The smallest absolute Gasteiger partial charge is 0.251 e. The van der Waals surface area contributed by atoms with Gasteiger partial charge in [-0.15, -0.1) is 0 Å². The van der Waals surface area contributed by atoms with E-state index in [4.69, 9.17) is 9.26 Å². The molecule has 8 heteroatoms. The molecule has 0 saturated carbocycles. The zero-order valence-corrected chi connectivity index (χ0v) is 14.3. The van der Waals surface area contributed by atoms with E-state index in [1.165, 1.54) is 0 Å². The van der Waals surface area contributed by atoms with Gasteiger partial charge in [0.15, 0.2) is 5.82 Å². The number of amides is 1. The van der Waals surface area contributed by atoms with Crippen molar-refractivity contribution in [3.8, 4) is 5.88 Å². The monoisotopic (exact) mass is 348 g/mol. The van der Waals surface area contributed by atoms with E-state index in [1.54, 1.807) is 25.3 Å². The molecule has 1 fully saturated rings. The molecule has 0 radical (unpaired) electrons. The summed E-state index contributed by atoms with van der Waals surface area (Å²) in [6, 6.07) is 3.38. The van der Waals surface area contributed by atoms with E-state index < -0.39 is 0 Å². The fourth-order valence-electron chi connectivity index (χ4n) is 2.38. The van der Waals surface area contributed by atoms with Crippen LogP contribution in [-0.2, 0) is 6.42 Å². The van der Waals surface area contributed by atoms with Crippen molar-refractivity contribution in [2.75, 3.05) is 18.1 Å². The van der Waals surface area contributed by atoms with E-state index in [2.05, 4.69) is 20.4 Å². The summed E-state index contributed by atoms with van der Waals surface area (Å²) in [5.41, 5.74) is 0.555. The topological polar surface area (TPSA) is 90.1 Å². The van der Waals surface area contributed by atoms with E-state index in [1.807, 2.05) is 11.8 Å². The SMILES string of the molecule is Cc1noc(CCCNC(=O)c2ccnc(O[C@H]3CCSC3)c2)n1. The Balaban J connectivity index is 1.45. The molecule has 0 spiro atoms. The third-order valence-electron chi connectivity index (χ3n) is 3.59. The highest BCUT2D eigenvalue weighted by atomic mass is 32.2. The first-order valence-corrected chi connectivity index (χ1v) is 9.14. The Bertz CT molecular complexity index is 685. The molecule has 1 amide bonds. The second-order valence-corrected chi connectivity index (χ2v) is 6.73. The van der Waals surface area contributed by atoms with Crippen molar-refractivity contribution in [3.63, 3.8) is 0 Å². The number of nitrogens with one attached hydrogen (secondary N) is 1. The van der Waals surface area contributed by atoms with E-state index >= 15 is 0 Å². The number of hydrogen-bond acceptors (Lipinski definition) is 7. The van der Waals surface area contributed by atoms with Crippen LogP contribution in [0.3, 0.4) is 0 Å². The summed E-state index contributed by atoms with van der Waals surface area (Å²) >= 11 is 1.88. The van der Waals surface area contributed by atoms with E-state index in [0.717, 1.165) is 24.3 Å². The van der Waals surface area contributed by atoms with Crippen LogP contribution in [0.25, 0.3) is 0 Å². The van der Waals surface area contributed by atoms with Gasteiger partial charge < -0.3 is 14.6 Å². The van der Waals surface area contributed by atoms with Gasteiger partial charge in [0.2, 0.25) is 11.8 Å². The van der Waals surface area contributed by atoms with Crippen LogP contribution < -0.4 is 10.1 Å². The van der Waals surface area contributed by atoms with Gasteiger partial charge in [-0.05, 0) is 31.6 Å². The van der Waals surface area contributed by atoms with Gasteiger partial charge in [0.1, 0.15) is 6.10 Å². The average molecular weight is 348 g/mol. The Labute approximate surface area is 144 Å². The number of ether oxygens (including phenoxy) is 1. The third kappa shape index (κ3) is 4.70. The maximum atomic E-state index is 12.2. The van der Waals surface area contributed by atoms with Gasteiger partial charge >= 0.3 is 0 Å². The maximum absolute atomic E-state index is 12.2. The number of carbonyl (C=O) groups is 1. The van der Waals surface area contributed by atoms with Gasteiger partial charge in [0, 0.05) is 36.5 Å². The lowest BCUT2D eigenvalue weighted by Gasteiger charge is -2.12. The van der Waals surface area contributed by atoms with Crippen molar-refractivity contribution in [2.24, 2.45) is 0 Å². The zero-order chi connectivity index (χ0) is 16.8. The quantitative estimate of drug-likeness (QED) is 0.766. The molecule has 1 saturated heterocycles. The molecule has 24 heavy (non-hydrogen) atoms. The van der Waals surface area contributed by atoms with E-state index in [9.17, 15) is 4.79 Å². The van der Waals surface area contributed by atoms with Gasteiger partial charge in [-0.25, -0.2) is 4.98 Å². The summed E-state index contributed by atoms with van der Waals surface area (Å²) in [5.74, 6) is 3.69. The highest BCUT2D eigenvalue weighted by molar-refractivity contribution is 7.99. The number of rotatable bonds is 7. The summed E-state index contributed by atoms with van der Waals surface area (Å²) in [4.78, 5) is 20.5. The zero-order valence-electron chi connectivity index (χ0n) is 13.5. The van der Waals surface area contributed by atoms with Crippen LogP contribution in [0.2, 0.25) is 0 Å². The van der Waals surface area contributed by atoms with E-state index in [0.29, 0.717) is 36.1 Å². The molecule has 1 N–H and O–H groups in total. The first kappa shape index (κ1) is 16.8. The molecule has 7 nitrogen and oxygen atoms in total. The van der Waals surface area contributed by atoms with Crippen molar-refractivity contribution < 1.29 is 14.1 Å². The standard InChI is InChI=1S/C16H20N4O3S/c1-11-19-14(23-20-11)3-2-6-18-16(21)12-4-7-17-15(9-12)22-13-5-8-24-10-13/h4,7,9,13H,2-3,5-6,8,10H2,1H3,(H,18,21)/t13-/m0/s1. The van der Waals surface area contributed by atoms with Crippen LogP contribution in [0.1, 0.15) is 34.9 Å². The lowest BCUT2D eigenvalue weighted by atomic mass is 10.2. The molecule has 2 aromatic heterocycles. The van der Waals surface area contributed by atoms with Crippen LogP contribution >= 0.6 is 11.8 Å². The van der Waals surface area contributed by atoms with Crippen molar-refractivity contribution in [3.05, 3.63) is 35.6 Å². The van der Waals surface area contributed by atoms with Crippen LogP contribution in [0.15, 0.2) is 22.9 Å². The summed E-state index contributed by atoms with van der Waals surface area (Å²) < 4.78 is 10.8. The van der Waals surface area contributed by atoms with Gasteiger partial charge in [-0.2, -0.15) is 16.7 Å². The Morgan fingerprint density at radius 1 is 1.54 bits per heavy atom. The second-order valence-electron chi connectivity index (χ2n) is 5.58. The Kier molecular flexibility index (Phi) is 5.68. The van der Waals surface area contributed by atoms with Crippen molar-refractivity contribution in [2.45, 2.75) is 32.3 Å². The lowest BCUT2D eigenvalue weighted by molar-refractivity contribution is 0.0952. The van der Waals surface area contributed by atoms with Crippen LogP contribution in [0.5, 0.6) is 5.88 Å². The third-order valence-corrected chi connectivity index (χ3v) is 4.73. The number of nitrogens with zero attached hydrogens (tertiary/aromatic N) is 3. The van der Waals surface area contributed by atoms with Gasteiger partial charge in [0.25, 0.3) is 5.91 Å². The number of carbonyl (C=O) groups excluding carboxylic acids is 1. The average Bonchev–Trinajstić information content (AvgIpc) is 3.23. The molecule has 2 aromatic rings. The second kappa shape index (κ2) is 8.14. The highest BCUT2D eigenvalue weighted by Gasteiger charge is 2.18. The summed E-state index contributed by atoms with van der Waals surface area (Å²) in [6.07, 6.45) is 4.20. The van der Waals surface area contributed by atoms with Crippen molar-refractivity contribution in [1.82, 2.24) is 20.4 Å². The molecule has 1 aliphatic heterocycles. The molecule has 0 unspecified atom stereocenters. The molecular weight excluding hydrogens is 328 g/mol. The summed E-state index contributed by atoms with van der Waals surface area (Å²) in [7, 11) is 0. The van der Waals surface area contributed by atoms with Crippen LogP contribution in [0, 0.1) is 6.92 Å². The van der Waals surface area contributed by atoms with Crippen LogP contribution in [-0.4, -0.2) is 45.2 Å². The maximum Gasteiger partial charge on any atom is 0.251 e. The molecule has 1 atom stereocenters. The van der Waals surface area contributed by atoms with Crippen molar-refractivity contribution in [1.29, 1.82) is 0 Å². The summed E-state index contributed by atoms with van der Waals surface area (Å²) in [6.45, 7) is 2.32. The minimum absolute atomic E-state index is 0.134. The van der Waals surface area contributed by atoms with Crippen molar-refractivity contribution >= 4 is 17.7 Å². The molecule has 0 bridgehead atoms. The minimum atomic E-state index is -0.134. The van der Waals surface area contributed by atoms with Gasteiger partial charge in [0.05, 0.1) is 0 Å². The fourth-order valence-corrected chi connectivity index (χ4v) is 3.47. The molecule has 0 aliphatic carbocycles. The number of aryl methyl sites for hydroxylation is 2. The number of aromatic nitrogens is 3. The Hall–Kier alpha value is -2.09. The van der Waals surface area contributed by atoms with Gasteiger partial charge in [-0.3, -0.25) is 4.79 Å². The van der Waals surface area contributed by atoms with Crippen LogP contribution in [0.4, 0.5) is 0 Å². The first-order valence-electron chi connectivity index (χ1n) is 7.98. The Morgan fingerprint density at radius 2 is 2.46 bits per heavy atom. The molecule has 3 rings (SSSR count). The highest BCUT2D eigenvalue weighted by Crippen LogP contribution is 2.22. The molecule has 1 aliphatic rings. The lowest BCUT2D eigenvalue weighted by Crippen LogP contribution is -2.25. The first-order chi connectivity index (χ1) is 11.7. The summed E-state index contributed by atoms with van der Waals surface area (Å²) in [5, 5.41) is 6.61. The van der Waals surface area contributed by atoms with Gasteiger partial charge in [-0.1, -0.05) is 5.16 Å². The molecule has 128 valence electrons. The number of hydrogen-bond donors (Lipinski definition) is 1. The molecule has 0 aromatic carbocycles. The molecular formula is C16H20N4O3S. The largest absolute Gasteiger partial charge is 0.473 e. The Morgan fingerprint density at radius 3 is 3.21 bits per heavy atom. The predicted molar refractivity (Wildman–Crippen MR) is 90.3 cm³/mol. The normalized spacial score (nSPS) is 17.0. The number of thioether (sulfide) groups is 1. The fraction of sp³-hybridized carbons (Fsp3) is 0.500.